The van der Waals surface area contributed by atoms with Gasteiger partial charge in [0.1, 0.15) is 5.10 Å². The molecule has 0 N–H and O–H groups in total. The van der Waals surface area contributed by atoms with Crippen LogP contribution in [0.3, 0.4) is 0 Å². The lowest BCUT2D eigenvalue weighted by molar-refractivity contribution is -0.486. The number of rotatable bonds is 6. The smallest absolute Gasteiger partial charge is 0.278 e. The number of ether oxygens (including phenoxy) is 1. The van der Waals surface area contributed by atoms with E-state index in [0.29, 0.717) is 25.0 Å². The molecule has 0 aliphatic carbocycles. The summed E-state index contributed by atoms with van der Waals surface area (Å²) in [6.45, 7) is 7.07. The van der Waals surface area contributed by atoms with Crippen LogP contribution in [0.1, 0.15) is 31.4 Å². The van der Waals surface area contributed by atoms with Crippen molar-refractivity contribution in [3.05, 3.63) is 51.7 Å². The zero-order valence-electron chi connectivity index (χ0n) is 15.4. The maximum atomic E-state index is 11.0. The van der Waals surface area contributed by atoms with E-state index in [-0.39, 0.29) is 6.10 Å². The van der Waals surface area contributed by atoms with Crippen molar-refractivity contribution in [1.82, 2.24) is 9.80 Å². The first kappa shape index (κ1) is 18.4. The number of hydrazone groups is 1. The summed E-state index contributed by atoms with van der Waals surface area (Å²) in [7, 11) is 0. The number of guanidine groups is 1. The topological polar surface area (TPSA) is 71.2 Å². The van der Waals surface area contributed by atoms with Crippen molar-refractivity contribution in [2.24, 2.45) is 11.0 Å². The highest BCUT2D eigenvalue weighted by Gasteiger charge is 2.32. The Bertz CT molecular complexity index is 687. The van der Waals surface area contributed by atoms with Crippen LogP contribution in [0.5, 0.6) is 0 Å². The Morgan fingerprint density at radius 2 is 2.12 bits per heavy atom. The Kier molecular flexibility index (Phi) is 5.88. The van der Waals surface area contributed by atoms with Crippen molar-refractivity contribution in [2.45, 2.75) is 32.8 Å². The molecule has 2 unspecified atom stereocenters. The predicted molar refractivity (Wildman–Crippen MR) is 101 cm³/mol. The van der Waals surface area contributed by atoms with Crippen LogP contribution in [0.25, 0.3) is 6.08 Å². The monoisotopic (exact) mass is 358 g/mol. The highest BCUT2D eigenvalue weighted by Crippen LogP contribution is 2.22. The molecule has 0 saturated carbocycles. The zero-order chi connectivity index (χ0) is 18.5. The van der Waals surface area contributed by atoms with Gasteiger partial charge in [-0.05, 0) is 37.0 Å². The second-order valence-corrected chi connectivity index (χ2v) is 6.93. The van der Waals surface area contributed by atoms with Gasteiger partial charge in [0.15, 0.2) is 5.03 Å². The Morgan fingerprint density at radius 1 is 1.35 bits per heavy atom. The molecule has 3 rings (SSSR count). The van der Waals surface area contributed by atoms with Gasteiger partial charge in [0, 0.05) is 31.8 Å². The van der Waals surface area contributed by atoms with Gasteiger partial charge in [-0.2, -0.15) is 0 Å². The lowest BCUT2D eigenvalue weighted by Gasteiger charge is -2.21. The minimum atomic E-state index is -0.613. The van der Waals surface area contributed by atoms with Crippen LogP contribution in [-0.4, -0.2) is 53.1 Å². The van der Waals surface area contributed by atoms with Crippen LogP contribution in [0.4, 0.5) is 0 Å². The Hall–Kier alpha value is -2.41. The highest BCUT2D eigenvalue weighted by molar-refractivity contribution is 5.83. The number of benzene rings is 1. The van der Waals surface area contributed by atoms with Gasteiger partial charge in [-0.15, -0.1) is 0 Å². The molecule has 0 bridgehead atoms. The van der Waals surface area contributed by atoms with Gasteiger partial charge < -0.3 is 14.5 Å². The number of nitrogens with zero attached hydrogens (tertiary/aromatic N) is 4. The molecule has 2 saturated heterocycles. The Morgan fingerprint density at radius 3 is 2.73 bits per heavy atom. The quantitative estimate of drug-likeness (QED) is 0.578. The predicted octanol–water partition coefficient (Wildman–Crippen LogP) is 2.81. The number of hydrogen-bond acceptors (Lipinski definition) is 3. The van der Waals surface area contributed by atoms with Crippen molar-refractivity contribution in [1.29, 1.82) is 0 Å². The zero-order valence-corrected chi connectivity index (χ0v) is 15.4. The van der Waals surface area contributed by atoms with E-state index in [0.717, 1.165) is 31.5 Å². The molecule has 26 heavy (non-hydrogen) atoms. The fourth-order valence-corrected chi connectivity index (χ4v) is 3.50. The molecule has 2 fully saturated rings. The summed E-state index contributed by atoms with van der Waals surface area (Å²) in [6.07, 6.45) is 6.12. The first-order chi connectivity index (χ1) is 12.5. The summed E-state index contributed by atoms with van der Waals surface area (Å²) >= 11 is 0. The molecule has 0 amide bonds. The standard InChI is InChI=1S/C19H26N4O3/c1-3-16-4-6-17(7-5-16)8-9-21-10-11-22(19(21)20-23(24)25)13-18-12-15(2)26-14-18/h4-9,15,18H,3,10-14H2,1-2H3. The average Bonchev–Trinajstić information content (AvgIpc) is 3.20. The van der Waals surface area contributed by atoms with Crippen LogP contribution < -0.4 is 0 Å². The SMILES string of the molecule is CCc1ccc(C=CN2CCN(CC3COC(C)C3)C2=N[N+](=O)[O-])cc1. The summed E-state index contributed by atoms with van der Waals surface area (Å²) < 4.78 is 5.62. The van der Waals surface area contributed by atoms with Crippen molar-refractivity contribution in [3.8, 4) is 0 Å². The van der Waals surface area contributed by atoms with Gasteiger partial charge in [-0.3, -0.25) is 0 Å². The van der Waals surface area contributed by atoms with Crippen molar-refractivity contribution >= 4 is 12.0 Å². The first-order valence-corrected chi connectivity index (χ1v) is 9.18. The van der Waals surface area contributed by atoms with Crippen molar-refractivity contribution in [3.63, 3.8) is 0 Å². The summed E-state index contributed by atoms with van der Waals surface area (Å²) in [5.74, 6) is 0.809. The van der Waals surface area contributed by atoms with Gasteiger partial charge in [0.2, 0.25) is 0 Å². The number of hydrogen-bond donors (Lipinski definition) is 0. The molecule has 140 valence electrons. The van der Waals surface area contributed by atoms with E-state index in [1.807, 2.05) is 22.1 Å². The van der Waals surface area contributed by atoms with E-state index in [2.05, 4.69) is 43.2 Å². The minimum absolute atomic E-state index is 0.264. The molecule has 0 aromatic heterocycles. The van der Waals surface area contributed by atoms with E-state index in [4.69, 9.17) is 4.74 Å². The molecular formula is C19H26N4O3. The van der Waals surface area contributed by atoms with Crippen molar-refractivity contribution < 1.29 is 9.77 Å². The largest absolute Gasteiger partial charge is 0.378 e. The lowest BCUT2D eigenvalue weighted by atomic mass is 10.1. The van der Waals surface area contributed by atoms with Gasteiger partial charge in [0.25, 0.3) is 5.96 Å². The summed E-state index contributed by atoms with van der Waals surface area (Å²) in [5.41, 5.74) is 2.36. The summed E-state index contributed by atoms with van der Waals surface area (Å²) in [6, 6.07) is 8.32. The van der Waals surface area contributed by atoms with Crippen LogP contribution in [-0.2, 0) is 11.2 Å². The van der Waals surface area contributed by atoms with Gasteiger partial charge in [0.05, 0.1) is 12.7 Å². The maximum Gasteiger partial charge on any atom is 0.278 e. The van der Waals surface area contributed by atoms with Crippen LogP contribution in [0.15, 0.2) is 35.6 Å². The normalized spacial score (nSPS) is 24.9. The minimum Gasteiger partial charge on any atom is -0.378 e. The summed E-state index contributed by atoms with van der Waals surface area (Å²) in [5, 5.41) is 14.0. The van der Waals surface area contributed by atoms with E-state index in [1.54, 1.807) is 0 Å². The van der Waals surface area contributed by atoms with Crippen LogP contribution in [0.2, 0.25) is 0 Å². The Labute approximate surface area is 154 Å². The molecule has 1 aromatic carbocycles. The van der Waals surface area contributed by atoms with Gasteiger partial charge >= 0.3 is 0 Å². The van der Waals surface area contributed by atoms with E-state index < -0.39 is 5.03 Å². The third-order valence-corrected chi connectivity index (χ3v) is 4.92. The third-order valence-electron chi connectivity index (χ3n) is 4.92. The molecule has 7 heteroatoms. The number of nitro groups is 1. The number of aryl methyl sites for hydroxylation is 1. The van der Waals surface area contributed by atoms with Crippen LogP contribution in [0, 0.1) is 16.0 Å². The summed E-state index contributed by atoms with van der Waals surface area (Å²) in [4.78, 5) is 14.9. The lowest BCUT2D eigenvalue weighted by Crippen LogP contribution is -2.35. The van der Waals surface area contributed by atoms with E-state index >= 15 is 0 Å². The second kappa shape index (κ2) is 8.31. The van der Waals surface area contributed by atoms with Gasteiger partial charge in [-0.25, -0.2) is 10.1 Å². The fraction of sp³-hybridized carbons (Fsp3) is 0.526. The second-order valence-electron chi connectivity index (χ2n) is 6.93. The maximum absolute atomic E-state index is 11.0. The van der Waals surface area contributed by atoms with Crippen LogP contribution >= 0.6 is 0 Å². The molecule has 0 radical (unpaired) electrons. The van der Waals surface area contributed by atoms with Crippen molar-refractivity contribution in [2.75, 3.05) is 26.2 Å². The molecule has 7 nitrogen and oxygen atoms in total. The molecule has 1 aromatic rings. The first-order valence-electron chi connectivity index (χ1n) is 9.18. The molecular weight excluding hydrogens is 332 g/mol. The molecule has 2 aliphatic heterocycles. The average molecular weight is 358 g/mol. The molecule has 0 spiro atoms. The third kappa shape index (κ3) is 4.60. The molecule has 2 aliphatic rings. The fourth-order valence-electron chi connectivity index (χ4n) is 3.50. The Balaban J connectivity index is 1.69. The highest BCUT2D eigenvalue weighted by atomic mass is 16.7. The van der Waals surface area contributed by atoms with E-state index in [1.165, 1.54) is 5.56 Å². The molecule has 2 atom stereocenters. The molecule has 2 heterocycles. The van der Waals surface area contributed by atoms with E-state index in [9.17, 15) is 10.1 Å². The van der Waals surface area contributed by atoms with Gasteiger partial charge in [-0.1, -0.05) is 31.2 Å².